The van der Waals surface area contributed by atoms with Crippen LogP contribution < -0.4 is 5.73 Å². The first-order valence-corrected chi connectivity index (χ1v) is 6.90. The number of nitrogens with zero attached hydrogens (tertiary/aromatic N) is 2. The van der Waals surface area contributed by atoms with Crippen molar-refractivity contribution in [3.05, 3.63) is 46.4 Å². The zero-order valence-electron chi connectivity index (χ0n) is 10.3. The van der Waals surface area contributed by atoms with E-state index in [2.05, 4.69) is 9.97 Å². The van der Waals surface area contributed by atoms with Gasteiger partial charge in [-0.15, -0.1) is 0 Å². The average molecular weight is 280 g/mol. The number of nitrogen functional groups attached to an aromatic ring is 1. The third-order valence-corrected chi connectivity index (χ3v) is 4.18. The SMILES string of the molecule is Cc1cnc(CSc2ncccc2Cl)c(C)c1N. The standard InChI is InChI=1S/C13H14ClN3S/c1-8-6-17-11(9(2)12(8)15)7-18-13-10(14)4-3-5-16-13/h3-6H,7H2,1-2H3,(H2,15,17). The summed E-state index contributed by atoms with van der Waals surface area (Å²) in [6, 6.07) is 3.65. The monoisotopic (exact) mass is 279 g/mol. The minimum absolute atomic E-state index is 0.667. The quantitative estimate of drug-likeness (QED) is 0.872. The number of nitrogens with two attached hydrogens (primary N) is 1. The van der Waals surface area contributed by atoms with Crippen LogP contribution in [0.15, 0.2) is 29.6 Å². The molecule has 0 fully saturated rings. The molecule has 3 nitrogen and oxygen atoms in total. The van der Waals surface area contributed by atoms with E-state index in [9.17, 15) is 0 Å². The maximum atomic E-state index is 6.06. The predicted octanol–water partition coefficient (Wildman–Crippen LogP) is 3.62. The molecule has 2 aromatic rings. The van der Waals surface area contributed by atoms with Crippen molar-refractivity contribution in [1.82, 2.24) is 9.97 Å². The molecule has 0 amide bonds. The summed E-state index contributed by atoms with van der Waals surface area (Å²) in [7, 11) is 0. The van der Waals surface area contributed by atoms with Crippen LogP contribution in [0.25, 0.3) is 0 Å². The van der Waals surface area contributed by atoms with Gasteiger partial charge < -0.3 is 5.73 Å². The average Bonchev–Trinajstić information content (AvgIpc) is 2.37. The maximum absolute atomic E-state index is 6.06. The molecule has 2 aromatic heterocycles. The largest absolute Gasteiger partial charge is 0.398 e. The first-order valence-electron chi connectivity index (χ1n) is 5.53. The molecule has 0 atom stereocenters. The van der Waals surface area contributed by atoms with Crippen molar-refractivity contribution >= 4 is 29.1 Å². The van der Waals surface area contributed by atoms with Gasteiger partial charge in [0.15, 0.2) is 0 Å². The van der Waals surface area contributed by atoms with Crippen molar-refractivity contribution in [2.75, 3.05) is 5.73 Å². The van der Waals surface area contributed by atoms with Crippen LogP contribution in [0.3, 0.4) is 0 Å². The van der Waals surface area contributed by atoms with E-state index in [1.807, 2.05) is 26.0 Å². The Kier molecular flexibility index (Phi) is 4.09. The Labute approximate surface area is 116 Å². The molecular weight excluding hydrogens is 266 g/mol. The van der Waals surface area contributed by atoms with E-state index < -0.39 is 0 Å². The molecule has 0 bridgehead atoms. The molecule has 0 unspecified atom stereocenters. The third kappa shape index (κ3) is 2.76. The van der Waals surface area contributed by atoms with Crippen molar-refractivity contribution in [1.29, 1.82) is 0 Å². The highest BCUT2D eigenvalue weighted by molar-refractivity contribution is 7.98. The Morgan fingerprint density at radius 2 is 2.11 bits per heavy atom. The van der Waals surface area contributed by atoms with Crippen LogP contribution in [-0.2, 0) is 5.75 Å². The summed E-state index contributed by atoms with van der Waals surface area (Å²) in [4.78, 5) is 8.65. The number of thioether (sulfide) groups is 1. The van der Waals surface area contributed by atoms with Crippen LogP contribution in [0.5, 0.6) is 0 Å². The van der Waals surface area contributed by atoms with Crippen molar-refractivity contribution in [3.8, 4) is 0 Å². The van der Waals surface area contributed by atoms with Gasteiger partial charge >= 0.3 is 0 Å². The Morgan fingerprint density at radius 3 is 2.83 bits per heavy atom. The molecule has 94 valence electrons. The van der Waals surface area contributed by atoms with Gasteiger partial charge in [-0.25, -0.2) is 4.98 Å². The summed E-state index contributed by atoms with van der Waals surface area (Å²) in [5, 5.41) is 1.49. The molecule has 0 aliphatic heterocycles. The van der Waals surface area contributed by atoms with Gasteiger partial charge in [0.25, 0.3) is 0 Å². The Hall–Kier alpha value is -1.26. The normalized spacial score (nSPS) is 10.6. The van der Waals surface area contributed by atoms with Gasteiger partial charge in [0.1, 0.15) is 5.03 Å². The minimum Gasteiger partial charge on any atom is -0.398 e. The van der Waals surface area contributed by atoms with Crippen LogP contribution in [0.1, 0.15) is 16.8 Å². The van der Waals surface area contributed by atoms with Gasteiger partial charge in [-0.05, 0) is 37.1 Å². The molecule has 2 N–H and O–H groups in total. The molecule has 0 aromatic carbocycles. The van der Waals surface area contributed by atoms with E-state index in [1.54, 1.807) is 24.2 Å². The molecule has 0 aliphatic carbocycles. The first-order chi connectivity index (χ1) is 8.59. The summed E-state index contributed by atoms with van der Waals surface area (Å²) < 4.78 is 0. The van der Waals surface area contributed by atoms with E-state index in [0.29, 0.717) is 10.8 Å². The molecule has 2 heterocycles. The lowest BCUT2D eigenvalue weighted by Gasteiger charge is -2.09. The number of aromatic nitrogens is 2. The maximum Gasteiger partial charge on any atom is 0.115 e. The molecule has 0 saturated heterocycles. The van der Waals surface area contributed by atoms with Gasteiger partial charge in [0, 0.05) is 23.8 Å². The van der Waals surface area contributed by atoms with Crippen LogP contribution in [0, 0.1) is 13.8 Å². The highest BCUT2D eigenvalue weighted by atomic mass is 35.5. The van der Waals surface area contributed by atoms with Gasteiger partial charge in [0.05, 0.1) is 10.7 Å². The first kappa shape index (κ1) is 13.2. The Balaban J connectivity index is 2.17. The lowest BCUT2D eigenvalue weighted by atomic mass is 10.1. The Bertz CT molecular complexity index is 572. The van der Waals surface area contributed by atoms with Crippen LogP contribution >= 0.6 is 23.4 Å². The summed E-state index contributed by atoms with van der Waals surface area (Å²) in [6.45, 7) is 3.95. The van der Waals surface area contributed by atoms with Crippen molar-refractivity contribution in [3.63, 3.8) is 0 Å². The highest BCUT2D eigenvalue weighted by Crippen LogP contribution is 2.29. The van der Waals surface area contributed by atoms with E-state index >= 15 is 0 Å². The molecule has 0 spiro atoms. The Morgan fingerprint density at radius 1 is 1.33 bits per heavy atom. The van der Waals surface area contributed by atoms with Gasteiger partial charge in [-0.1, -0.05) is 23.4 Å². The van der Waals surface area contributed by atoms with Crippen molar-refractivity contribution in [2.45, 2.75) is 24.6 Å². The summed E-state index contributed by atoms with van der Waals surface area (Å²) in [6.07, 6.45) is 3.54. The molecule has 0 saturated carbocycles. The number of hydrogen-bond acceptors (Lipinski definition) is 4. The number of pyridine rings is 2. The topological polar surface area (TPSA) is 51.8 Å². The van der Waals surface area contributed by atoms with Crippen LogP contribution in [0.4, 0.5) is 5.69 Å². The number of hydrogen-bond donors (Lipinski definition) is 1. The molecule has 18 heavy (non-hydrogen) atoms. The van der Waals surface area contributed by atoms with Crippen molar-refractivity contribution < 1.29 is 0 Å². The second-order valence-corrected chi connectivity index (χ2v) is 5.38. The minimum atomic E-state index is 0.667. The zero-order chi connectivity index (χ0) is 13.1. The third-order valence-electron chi connectivity index (χ3n) is 2.75. The number of anilines is 1. The van der Waals surface area contributed by atoms with Crippen LogP contribution in [-0.4, -0.2) is 9.97 Å². The van der Waals surface area contributed by atoms with Crippen LogP contribution in [0.2, 0.25) is 5.02 Å². The van der Waals surface area contributed by atoms with E-state index in [-0.39, 0.29) is 0 Å². The summed E-state index contributed by atoms with van der Waals surface area (Å²) in [5.41, 5.74) is 9.83. The lowest BCUT2D eigenvalue weighted by Crippen LogP contribution is -2.00. The molecule has 0 aliphatic rings. The summed E-state index contributed by atoms with van der Waals surface area (Å²) >= 11 is 7.63. The predicted molar refractivity (Wildman–Crippen MR) is 76.9 cm³/mol. The fourth-order valence-electron chi connectivity index (χ4n) is 1.55. The fraction of sp³-hybridized carbons (Fsp3) is 0.231. The smallest absolute Gasteiger partial charge is 0.115 e. The molecular formula is C13H14ClN3S. The zero-order valence-corrected chi connectivity index (χ0v) is 11.8. The van der Waals surface area contributed by atoms with Crippen molar-refractivity contribution in [2.24, 2.45) is 0 Å². The number of aryl methyl sites for hydroxylation is 1. The fourth-order valence-corrected chi connectivity index (χ4v) is 2.74. The molecule has 2 rings (SSSR count). The van der Waals surface area contributed by atoms with Gasteiger partial charge in [-0.2, -0.15) is 0 Å². The lowest BCUT2D eigenvalue weighted by molar-refractivity contribution is 1.09. The van der Waals surface area contributed by atoms with E-state index in [0.717, 1.165) is 27.5 Å². The highest BCUT2D eigenvalue weighted by Gasteiger charge is 2.08. The van der Waals surface area contributed by atoms with E-state index in [4.69, 9.17) is 17.3 Å². The summed E-state index contributed by atoms with van der Waals surface area (Å²) in [5.74, 6) is 0.715. The molecule has 0 radical (unpaired) electrons. The number of rotatable bonds is 3. The van der Waals surface area contributed by atoms with Gasteiger partial charge in [0.2, 0.25) is 0 Å². The second-order valence-electron chi connectivity index (χ2n) is 4.01. The van der Waals surface area contributed by atoms with Gasteiger partial charge in [-0.3, -0.25) is 4.98 Å². The molecule has 5 heteroatoms. The van der Waals surface area contributed by atoms with E-state index in [1.165, 1.54) is 0 Å². The number of halogens is 1. The second kappa shape index (κ2) is 5.59.